The molecule has 6 nitrogen and oxygen atoms in total. The molecule has 2 unspecified atom stereocenters. The van der Waals surface area contributed by atoms with Crippen molar-refractivity contribution in [3.8, 4) is 0 Å². The zero-order chi connectivity index (χ0) is 14.0. The first-order valence-electron chi connectivity index (χ1n) is 5.90. The van der Waals surface area contributed by atoms with Crippen molar-refractivity contribution in [3.05, 3.63) is 35.9 Å². The van der Waals surface area contributed by atoms with Gasteiger partial charge in [-0.05, 0) is 5.56 Å². The van der Waals surface area contributed by atoms with Gasteiger partial charge in [-0.1, -0.05) is 30.3 Å². The Bertz CT molecular complexity index is 558. The van der Waals surface area contributed by atoms with Gasteiger partial charge >= 0.3 is 0 Å². The summed E-state index contributed by atoms with van der Waals surface area (Å²) in [5.74, 6) is -0.297. The Balaban J connectivity index is 2.03. The smallest absolute Gasteiger partial charge is 0.224 e. The van der Waals surface area contributed by atoms with E-state index in [2.05, 4.69) is 0 Å². The first-order valence-corrected chi connectivity index (χ1v) is 7.51. The van der Waals surface area contributed by atoms with Crippen molar-refractivity contribution in [2.24, 2.45) is 5.14 Å². The van der Waals surface area contributed by atoms with Gasteiger partial charge in [0, 0.05) is 13.0 Å². The highest BCUT2D eigenvalue weighted by atomic mass is 32.2. The number of aliphatic hydroxyl groups is 1. The van der Waals surface area contributed by atoms with Crippen LogP contribution >= 0.6 is 0 Å². The molecule has 1 aromatic rings. The quantitative estimate of drug-likeness (QED) is 0.786. The molecule has 1 heterocycles. The van der Waals surface area contributed by atoms with Gasteiger partial charge in [0.25, 0.3) is 0 Å². The molecule has 0 saturated carbocycles. The number of sulfonamides is 1. The van der Waals surface area contributed by atoms with Crippen molar-refractivity contribution in [1.29, 1.82) is 0 Å². The van der Waals surface area contributed by atoms with E-state index < -0.39 is 21.4 Å². The van der Waals surface area contributed by atoms with Crippen LogP contribution < -0.4 is 5.14 Å². The van der Waals surface area contributed by atoms with Gasteiger partial charge in [0.05, 0.1) is 12.6 Å². The third kappa shape index (κ3) is 3.31. The average molecular weight is 284 g/mol. The van der Waals surface area contributed by atoms with Crippen molar-refractivity contribution < 1.29 is 18.3 Å². The first-order chi connectivity index (χ1) is 8.88. The molecule has 3 N–H and O–H groups in total. The number of nitrogens with two attached hydrogens (primary N) is 1. The molecule has 0 aromatic heterocycles. The molecule has 2 atom stereocenters. The van der Waals surface area contributed by atoms with Gasteiger partial charge < -0.3 is 10.0 Å². The topological polar surface area (TPSA) is 101 Å². The highest BCUT2D eigenvalue weighted by Crippen LogP contribution is 2.20. The van der Waals surface area contributed by atoms with Crippen LogP contribution in [0.4, 0.5) is 0 Å². The minimum atomic E-state index is -3.71. The SMILES string of the molecule is NS(=O)(=O)C1CC(=O)N(CC(O)c2ccccc2)C1. The Morgan fingerprint density at radius 1 is 1.37 bits per heavy atom. The highest BCUT2D eigenvalue weighted by Gasteiger charge is 2.37. The van der Waals surface area contributed by atoms with E-state index >= 15 is 0 Å². The number of nitrogens with zero attached hydrogens (tertiary/aromatic N) is 1. The van der Waals surface area contributed by atoms with Crippen LogP contribution in [0, 0.1) is 0 Å². The Kier molecular flexibility index (Phi) is 3.88. The largest absolute Gasteiger partial charge is 0.387 e. The number of hydrogen-bond donors (Lipinski definition) is 2. The Morgan fingerprint density at radius 2 is 2.00 bits per heavy atom. The number of β-amino-alcohol motifs (C(OH)–C–C–N with tert-alkyl or cyclic N) is 1. The highest BCUT2D eigenvalue weighted by molar-refractivity contribution is 7.89. The summed E-state index contributed by atoms with van der Waals surface area (Å²) < 4.78 is 22.4. The monoisotopic (exact) mass is 284 g/mol. The van der Waals surface area contributed by atoms with E-state index in [9.17, 15) is 18.3 Å². The molecule has 104 valence electrons. The molecular weight excluding hydrogens is 268 g/mol. The van der Waals surface area contributed by atoms with E-state index in [1.807, 2.05) is 6.07 Å². The van der Waals surface area contributed by atoms with Crippen LogP contribution in [0.1, 0.15) is 18.1 Å². The summed E-state index contributed by atoms with van der Waals surface area (Å²) in [4.78, 5) is 13.0. The van der Waals surface area contributed by atoms with E-state index in [1.165, 1.54) is 4.90 Å². The maximum absolute atomic E-state index is 11.7. The Labute approximate surface area is 111 Å². The molecule has 1 aliphatic rings. The van der Waals surface area contributed by atoms with Crippen molar-refractivity contribution >= 4 is 15.9 Å². The predicted octanol–water partition coefficient (Wildman–Crippen LogP) is -0.391. The van der Waals surface area contributed by atoms with Gasteiger partial charge in [-0.2, -0.15) is 0 Å². The van der Waals surface area contributed by atoms with Crippen LogP contribution in [0.15, 0.2) is 30.3 Å². The molecule has 0 radical (unpaired) electrons. The van der Waals surface area contributed by atoms with E-state index in [-0.39, 0.29) is 25.4 Å². The molecule has 1 saturated heterocycles. The number of carbonyl (C=O) groups excluding carboxylic acids is 1. The fourth-order valence-electron chi connectivity index (χ4n) is 2.12. The lowest BCUT2D eigenvalue weighted by Gasteiger charge is -2.20. The summed E-state index contributed by atoms with van der Waals surface area (Å²) in [6.07, 6.45) is -0.940. The van der Waals surface area contributed by atoms with Crippen LogP contribution in [-0.4, -0.2) is 42.7 Å². The number of hydrogen-bond acceptors (Lipinski definition) is 4. The molecule has 2 rings (SSSR count). The maximum Gasteiger partial charge on any atom is 0.224 e. The van der Waals surface area contributed by atoms with E-state index in [0.29, 0.717) is 5.56 Å². The lowest BCUT2D eigenvalue weighted by molar-refractivity contribution is -0.128. The summed E-state index contributed by atoms with van der Waals surface area (Å²) in [6.45, 7) is 0.121. The predicted molar refractivity (Wildman–Crippen MR) is 69.5 cm³/mol. The third-order valence-electron chi connectivity index (χ3n) is 3.22. The lowest BCUT2D eigenvalue weighted by atomic mass is 10.1. The van der Waals surface area contributed by atoms with Gasteiger partial charge in [0.15, 0.2) is 0 Å². The maximum atomic E-state index is 11.7. The fourth-order valence-corrected chi connectivity index (χ4v) is 2.88. The molecule has 1 fully saturated rings. The lowest BCUT2D eigenvalue weighted by Crippen LogP contribution is -2.34. The van der Waals surface area contributed by atoms with Crippen LogP contribution in [-0.2, 0) is 14.8 Å². The molecule has 1 aliphatic heterocycles. The van der Waals surface area contributed by atoms with Crippen LogP contribution in [0.3, 0.4) is 0 Å². The normalized spacial score (nSPS) is 21.7. The van der Waals surface area contributed by atoms with Crippen molar-refractivity contribution in [2.45, 2.75) is 17.8 Å². The number of primary sulfonamides is 1. The summed E-state index contributed by atoms with van der Waals surface area (Å²) in [5.41, 5.74) is 0.689. The first kappa shape index (κ1) is 14.0. The zero-order valence-corrected chi connectivity index (χ0v) is 11.1. The summed E-state index contributed by atoms with van der Waals surface area (Å²) >= 11 is 0. The second-order valence-electron chi connectivity index (χ2n) is 4.64. The van der Waals surface area contributed by atoms with Crippen LogP contribution in [0.5, 0.6) is 0 Å². The average Bonchev–Trinajstić information content (AvgIpc) is 2.72. The summed E-state index contributed by atoms with van der Waals surface area (Å²) in [6, 6.07) is 8.91. The van der Waals surface area contributed by atoms with Crippen molar-refractivity contribution in [2.75, 3.05) is 13.1 Å². The number of aliphatic hydroxyl groups excluding tert-OH is 1. The third-order valence-corrected chi connectivity index (χ3v) is 4.47. The van der Waals surface area contributed by atoms with E-state index in [4.69, 9.17) is 5.14 Å². The van der Waals surface area contributed by atoms with Gasteiger partial charge in [-0.15, -0.1) is 0 Å². The second kappa shape index (κ2) is 5.28. The molecule has 19 heavy (non-hydrogen) atoms. The Morgan fingerprint density at radius 3 is 2.53 bits per heavy atom. The van der Waals surface area contributed by atoms with E-state index in [1.54, 1.807) is 24.3 Å². The number of likely N-dealkylation sites (tertiary alicyclic amines) is 1. The summed E-state index contributed by atoms with van der Waals surface area (Å²) in [5, 5.41) is 14.2. The van der Waals surface area contributed by atoms with Crippen molar-refractivity contribution in [3.63, 3.8) is 0 Å². The zero-order valence-electron chi connectivity index (χ0n) is 10.3. The fraction of sp³-hybridized carbons (Fsp3) is 0.417. The molecule has 1 amide bonds. The van der Waals surface area contributed by atoms with Crippen LogP contribution in [0.25, 0.3) is 0 Å². The van der Waals surface area contributed by atoms with Crippen LogP contribution in [0.2, 0.25) is 0 Å². The molecular formula is C12H16N2O4S. The number of amides is 1. The number of benzene rings is 1. The van der Waals surface area contributed by atoms with Gasteiger partial charge in [0.1, 0.15) is 5.25 Å². The molecule has 7 heteroatoms. The number of rotatable bonds is 4. The summed E-state index contributed by atoms with van der Waals surface area (Å²) in [7, 11) is -3.71. The van der Waals surface area contributed by atoms with Gasteiger partial charge in [-0.25, -0.2) is 13.6 Å². The minimum absolute atomic E-state index is 0.0432. The molecule has 0 bridgehead atoms. The minimum Gasteiger partial charge on any atom is -0.387 e. The molecule has 1 aromatic carbocycles. The van der Waals surface area contributed by atoms with Crippen molar-refractivity contribution in [1.82, 2.24) is 4.90 Å². The molecule has 0 aliphatic carbocycles. The standard InChI is InChI=1S/C12H16N2O4S/c13-19(17,18)10-6-12(16)14(7-10)8-11(15)9-4-2-1-3-5-9/h1-5,10-11,15H,6-8H2,(H2,13,17,18). The second-order valence-corrected chi connectivity index (χ2v) is 6.49. The van der Waals surface area contributed by atoms with Gasteiger partial charge in [-0.3, -0.25) is 4.79 Å². The van der Waals surface area contributed by atoms with E-state index in [0.717, 1.165) is 0 Å². The Hall–Kier alpha value is -1.44. The number of carbonyl (C=O) groups is 1. The van der Waals surface area contributed by atoms with Gasteiger partial charge in [0.2, 0.25) is 15.9 Å². The molecule has 0 spiro atoms.